The molecule has 0 rings (SSSR count). The number of hydrogen-bond donors (Lipinski definition) is 2. The lowest BCUT2D eigenvalue weighted by Gasteiger charge is -2.24. The van der Waals surface area contributed by atoms with Gasteiger partial charge in [-0.15, -0.1) is 0 Å². The standard InChI is InChI=1S/C17H31N3O2/c1-16(2,3)18-14(21)10-8-12-17(4,5)19-15(22)11-9-13-20(6)7/h8-11H,12-13H2,1-7H3,(H,18,21)(H,19,22)/b10-8-,11-9+. The molecule has 0 aromatic rings. The van der Waals surface area contributed by atoms with Crippen LogP contribution >= 0.6 is 0 Å². The van der Waals surface area contributed by atoms with Gasteiger partial charge in [0.2, 0.25) is 11.8 Å². The molecule has 0 aromatic heterocycles. The Kier molecular flexibility index (Phi) is 8.09. The van der Waals surface area contributed by atoms with Crippen LogP contribution in [0, 0.1) is 0 Å². The third-order valence-electron chi connectivity index (χ3n) is 2.60. The second kappa shape index (κ2) is 8.73. The van der Waals surface area contributed by atoms with Crippen molar-refractivity contribution in [2.75, 3.05) is 20.6 Å². The zero-order valence-corrected chi connectivity index (χ0v) is 15.0. The minimum absolute atomic E-state index is 0.125. The molecular formula is C17H31N3O2. The molecule has 22 heavy (non-hydrogen) atoms. The smallest absolute Gasteiger partial charge is 0.244 e. The lowest BCUT2D eigenvalue weighted by Crippen LogP contribution is -2.42. The number of likely N-dealkylation sites (N-methyl/N-ethyl adjacent to an activating group) is 1. The largest absolute Gasteiger partial charge is 0.348 e. The molecule has 0 saturated carbocycles. The lowest BCUT2D eigenvalue weighted by molar-refractivity contribution is -0.118. The van der Waals surface area contributed by atoms with Gasteiger partial charge in [0.25, 0.3) is 0 Å². The maximum atomic E-state index is 11.8. The van der Waals surface area contributed by atoms with E-state index in [9.17, 15) is 9.59 Å². The highest BCUT2D eigenvalue weighted by Gasteiger charge is 2.18. The molecule has 2 N–H and O–H groups in total. The van der Waals surface area contributed by atoms with E-state index in [0.717, 1.165) is 6.54 Å². The zero-order valence-electron chi connectivity index (χ0n) is 15.0. The first kappa shape index (κ1) is 20.4. The Balaban J connectivity index is 4.32. The Morgan fingerprint density at radius 3 is 1.91 bits per heavy atom. The van der Waals surface area contributed by atoms with Crippen LogP contribution in [-0.2, 0) is 9.59 Å². The van der Waals surface area contributed by atoms with Gasteiger partial charge in [0.15, 0.2) is 0 Å². The summed E-state index contributed by atoms with van der Waals surface area (Å²) in [7, 11) is 3.89. The number of nitrogens with zero attached hydrogens (tertiary/aromatic N) is 1. The number of carbonyl (C=O) groups excluding carboxylic acids is 2. The monoisotopic (exact) mass is 309 g/mol. The Bertz CT molecular complexity index is 430. The Hall–Kier alpha value is -1.62. The van der Waals surface area contributed by atoms with Crippen LogP contribution in [0.25, 0.3) is 0 Å². The van der Waals surface area contributed by atoms with Crippen molar-refractivity contribution in [1.82, 2.24) is 15.5 Å². The van der Waals surface area contributed by atoms with Gasteiger partial charge < -0.3 is 15.5 Å². The van der Waals surface area contributed by atoms with Crippen molar-refractivity contribution in [2.45, 2.75) is 52.1 Å². The van der Waals surface area contributed by atoms with Crippen molar-refractivity contribution in [3.05, 3.63) is 24.3 Å². The Labute approximate surface area is 134 Å². The quantitative estimate of drug-likeness (QED) is 0.706. The summed E-state index contributed by atoms with van der Waals surface area (Å²) in [5.74, 6) is -0.250. The molecule has 0 radical (unpaired) electrons. The molecule has 5 nitrogen and oxygen atoms in total. The summed E-state index contributed by atoms with van der Waals surface area (Å²) in [6.07, 6.45) is 7.24. The first-order chi connectivity index (χ1) is 9.91. The molecule has 0 aliphatic rings. The highest BCUT2D eigenvalue weighted by atomic mass is 16.2. The highest BCUT2D eigenvalue weighted by Crippen LogP contribution is 2.09. The van der Waals surface area contributed by atoms with E-state index in [1.165, 1.54) is 12.2 Å². The van der Waals surface area contributed by atoms with Gasteiger partial charge >= 0.3 is 0 Å². The third-order valence-corrected chi connectivity index (χ3v) is 2.60. The summed E-state index contributed by atoms with van der Waals surface area (Å²) in [5, 5.41) is 5.78. The second-order valence-corrected chi connectivity index (χ2v) is 7.38. The van der Waals surface area contributed by atoms with Gasteiger partial charge in [0.1, 0.15) is 0 Å². The molecule has 0 bridgehead atoms. The van der Waals surface area contributed by atoms with Crippen LogP contribution in [0.2, 0.25) is 0 Å². The fourth-order valence-corrected chi connectivity index (χ4v) is 1.67. The minimum Gasteiger partial charge on any atom is -0.348 e. The molecule has 0 saturated heterocycles. The van der Waals surface area contributed by atoms with E-state index in [2.05, 4.69) is 10.6 Å². The number of rotatable bonds is 7. The van der Waals surface area contributed by atoms with E-state index >= 15 is 0 Å². The van der Waals surface area contributed by atoms with E-state index in [4.69, 9.17) is 0 Å². The first-order valence-electron chi connectivity index (χ1n) is 7.53. The van der Waals surface area contributed by atoms with Crippen molar-refractivity contribution < 1.29 is 9.59 Å². The molecular weight excluding hydrogens is 278 g/mol. The summed E-state index contributed by atoms with van der Waals surface area (Å²) < 4.78 is 0. The second-order valence-electron chi connectivity index (χ2n) is 7.38. The van der Waals surface area contributed by atoms with Crippen molar-refractivity contribution in [1.29, 1.82) is 0 Å². The number of hydrogen-bond acceptors (Lipinski definition) is 3. The van der Waals surface area contributed by atoms with Crippen molar-refractivity contribution in [2.24, 2.45) is 0 Å². The molecule has 0 aliphatic heterocycles. The van der Waals surface area contributed by atoms with Gasteiger partial charge in [-0.05, 0) is 61.2 Å². The zero-order chi connectivity index (χ0) is 17.4. The van der Waals surface area contributed by atoms with Crippen LogP contribution in [0.15, 0.2) is 24.3 Å². The number of carbonyl (C=O) groups is 2. The van der Waals surface area contributed by atoms with E-state index in [-0.39, 0.29) is 17.4 Å². The Morgan fingerprint density at radius 1 is 0.909 bits per heavy atom. The van der Waals surface area contributed by atoms with E-state index in [0.29, 0.717) is 6.42 Å². The minimum atomic E-state index is -0.405. The highest BCUT2D eigenvalue weighted by molar-refractivity contribution is 5.88. The molecule has 0 unspecified atom stereocenters. The fraction of sp³-hybridized carbons (Fsp3) is 0.647. The summed E-state index contributed by atoms with van der Waals surface area (Å²) in [6, 6.07) is 0. The first-order valence-corrected chi connectivity index (χ1v) is 7.53. The molecule has 0 aromatic carbocycles. The average molecular weight is 309 g/mol. The van der Waals surface area contributed by atoms with Gasteiger partial charge in [0.05, 0.1) is 0 Å². The predicted molar refractivity (Wildman–Crippen MR) is 91.6 cm³/mol. The summed E-state index contributed by atoms with van der Waals surface area (Å²) in [5.41, 5.74) is -0.652. The normalized spacial score (nSPS) is 13.1. The van der Waals surface area contributed by atoms with Gasteiger partial charge in [0, 0.05) is 23.7 Å². The van der Waals surface area contributed by atoms with Crippen molar-refractivity contribution in [3.63, 3.8) is 0 Å². The van der Waals surface area contributed by atoms with Gasteiger partial charge in [-0.25, -0.2) is 0 Å². The molecule has 0 spiro atoms. The Morgan fingerprint density at radius 2 is 1.41 bits per heavy atom. The topological polar surface area (TPSA) is 61.4 Å². The molecule has 0 heterocycles. The van der Waals surface area contributed by atoms with E-state index in [1.54, 1.807) is 6.08 Å². The van der Waals surface area contributed by atoms with Crippen LogP contribution < -0.4 is 10.6 Å². The summed E-state index contributed by atoms with van der Waals surface area (Å²) >= 11 is 0. The predicted octanol–water partition coefficient (Wildman–Crippen LogP) is 1.86. The SMILES string of the molecule is CN(C)C/C=C/C(=O)NC(C)(C)C/C=C\C(=O)NC(C)(C)C. The van der Waals surface area contributed by atoms with Gasteiger partial charge in [-0.1, -0.05) is 12.2 Å². The van der Waals surface area contributed by atoms with Crippen LogP contribution in [0.5, 0.6) is 0 Å². The van der Waals surface area contributed by atoms with Crippen LogP contribution in [0.4, 0.5) is 0 Å². The van der Waals surface area contributed by atoms with Crippen LogP contribution in [-0.4, -0.2) is 48.4 Å². The average Bonchev–Trinajstić information content (AvgIpc) is 2.24. The summed E-state index contributed by atoms with van der Waals surface area (Å²) in [4.78, 5) is 25.5. The number of amides is 2. The lowest BCUT2D eigenvalue weighted by atomic mass is 10.00. The molecule has 0 aliphatic carbocycles. The maximum Gasteiger partial charge on any atom is 0.244 e. The van der Waals surface area contributed by atoms with Gasteiger partial charge in [-0.3, -0.25) is 9.59 Å². The van der Waals surface area contributed by atoms with Crippen molar-refractivity contribution in [3.8, 4) is 0 Å². The van der Waals surface area contributed by atoms with E-state index < -0.39 is 5.54 Å². The van der Waals surface area contributed by atoms with Crippen molar-refractivity contribution >= 4 is 11.8 Å². The third kappa shape index (κ3) is 12.1. The number of nitrogens with one attached hydrogen (secondary N) is 2. The maximum absolute atomic E-state index is 11.8. The molecule has 0 fully saturated rings. The molecule has 2 amide bonds. The van der Waals surface area contributed by atoms with Crippen LogP contribution in [0.1, 0.15) is 41.0 Å². The molecule has 5 heteroatoms. The van der Waals surface area contributed by atoms with Gasteiger partial charge in [-0.2, -0.15) is 0 Å². The molecule has 0 atom stereocenters. The summed E-state index contributed by atoms with van der Waals surface area (Å²) in [6.45, 7) is 10.4. The van der Waals surface area contributed by atoms with E-state index in [1.807, 2.05) is 59.7 Å². The van der Waals surface area contributed by atoms with Crippen LogP contribution in [0.3, 0.4) is 0 Å². The molecule has 126 valence electrons. The fourth-order valence-electron chi connectivity index (χ4n) is 1.67.